The van der Waals surface area contributed by atoms with Gasteiger partial charge in [0, 0.05) is 43.8 Å². The molecule has 0 spiro atoms. The van der Waals surface area contributed by atoms with Crippen molar-refractivity contribution in [3.8, 4) is 45.6 Å². The molecule has 5 heterocycles. The van der Waals surface area contributed by atoms with Crippen LogP contribution in [-0.2, 0) is 29.7 Å². The summed E-state index contributed by atoms with van der Waals surface area (Å²) in [7, 11) is -9.30. The van der Waals surface area contributed by atoms with Gasteiger partial charge < -0.3 is 9.97 Å². The molecule has 3 aromatic heterocycles. The van der Waals surface area contributed by atoms with Crippen LogP contribution in [0.25, 0.3) is 89.7 Å². The van der Waals surface area contributed by atoms with Crippen LogP contribution in [0.3, 0.4) is 0 Å². The minimum Gasteiger partial charge on any atom is -0.324 e. The minimum absolute atomic E-state index is 0.597. The normalized spacial score (nSPS) is 12.4. The van der Waals surface area contributed by atoms with Crippen molar-refractivity contribution >= 4 is 61.3 Å². The van der Waals surface area contributed by atoms with Gasteiger partial charge >= 0.3 is 55.6 Å². The van der Waals surface area contributed by atoms with Gasteiger partial charge in [-0.1, -0.05) is 97.1 Å². The zero-order valence-corrected chi connectivity index (χ0v) is 27.3. The van der Waals surface area contributed by atoms with Gasteiger partial charge in [0.05, 0.1) is 0 Å². The molecule has 0 amide bonds. The van der Waals surface area contributed by atoms with E-state index in [2.05, 4.69) is 9.97 Å². The van der Waals surface area contributed by atoms with Gasteiger partial charge in [-0.2, -0.15) is 0 Å². The fourth-order valence-corrected chi connectivity index (χ4v) is 8.88. The van der Waals surface area contributed by atoms with E-state index < -0.39 is 29.7 Å². The average Bonchev–Trinajstić information content (AvgIpc) is 3.79. The molecule has 0 atom stereocenters. The molecule has 0 radical (unpaired) electrons. The Kier molecular flexibility index (Phi) is 7.32. The number of rotatable bonds is 2. The number of aromatic nitrogens is 8. The van der Waals surface area contributed by atoms with Crippen molar-refractivity contribution in [2.45, 2.75) is 0 Å². The maximum Gasteiger partial charge on any atom is 0.164 e. The molecule has 0 aliphatic carbocycles. The first-order valence-electron chi connectivity index (χ1n) is 14.3. The Morgan fingerprint density at radius 2 is 0.653 bits per heavy atom. The Balaban J connectivity index is 0.000000344. The number of nitrogens with one attached hydrogen (secondary N) is 2. The monoisotopic (exact) mass is 735 g/mol. The van der Waals surface area contributed by atoms with Crippen LogP contribution in [0.5, 0.6) is 0 Å². The molecule has 0 saturated carbocycles. The van der Waals surface area contributed by atoms with Crippen molar-refractivity contribution in [2.75, 3.05) is 0 Å². The van der Waals surface area contributed by atoms with Gasteiger partial charge in [0.15, 0.2) is 23.3 Å². The molecule has 0 saturated heterocycles. The zero-order valence-electron chi connectivity index (χ0n) is 24.6. The van der Waals surface area contributed by atoms with Gasteiger partial charge in [-0.15, -0.1) is 0 Å². The summed E-state index contributed by atoms with van der Waals surface area (Å²) in [5, 5.41) is 3.82. The number of fused-ring (bicyclic) bond motifs is 20. The molecule has 245 valence electrons. The predicted octanol–water partition coefficient (Wildman–Crippen LogP) is 5.54. The molecule has 8 bridgehead atoms. The summed E-state index contributed by atoms with van der Waals surface area (Å²) in [4.78, 5) is 36.8. The number of benzene rings is 4. The number of hydrogen-bond acceptors (Lipinski definition) is 10. The molecule has 2 aliphatic heterocycles. The first-order chi connectivity index (χ1) is 23.5. The molecule has 0 fully saturated rings. The second kappa shape index (κ2) is 11.6. The van der Waals surface area contributed by atoms with Gasteiger partial charge in [0.25, 0.3) is 0 Å². The molecular formula is C32H20CoN8O6S2. The molecule has 17 heteroatoms. The molecule has 49 heavy (non-hydrogen) atoms. The smallest absolute Gasteiger partial charge is 0.164 e. The van der Waals surface area contributed by atoms with Crippen LogP contribution in [0.15, 0.2) is 97.1 Å². The zero-order chi connectivity index (χ0) is 33.9. The Morgan fingerprint density at radius 3 is 0.878 bits per heavy atom. The van der Waals surface area contributed by atoms with Crippen LogP contribution < -0.4 is 0 Å². The Bertz CT molecular complexity index is 2540. The van der Waals surface area contributed by atoms with Crippen LogP contribution in [0.1, 0.15) is 0 Å². The van der Waals surface area contributed by atoms with E-state index in [0.29, 0.717) is 45.9 Å². The molecular weight excluding hydrogens is 715 g/mol. The van der Waals surface area contributed by atoms with E-state index in [0.717, 1.165) is 43.8 Å². The maximum atomic E-state index is 9.65. The Hall–Kier alpha value is -5.43. The van der Waals surface area contributed by atoms with Crippen molar-refractivity contribution in [2.24, 2.45) is 0 Å². The second-order valence-corrected chi connectivity index (χ2v) is 17.4. The fraction of sp³-hybridized carbons (Fsp3) is 0. The molecule has 9 rings (SSSR count). The fourth-order valence-electron chi connectivity index (χ4n) is 5.68. The first-order valence-corrected chi connectivity index (χ1v) is 19.5. The number of hydrogen-bond donors (Lipinski definition) is 4. The van der Waals surface area contributed by atoms with Crippen LogP contribution in [-0.4, -0.2) is 65.8 Å². The third-order valence-corrected chi connectivity index (χ3v) is 12.7. The van der Waals surface area contributed by atoms with Gasteiger partial charge in [-0.05, 0) is 0 Å². The molecule has 0 unspecified atom stereocenters. The Morgan fingerprint density at radius 1 is 0.408 bits per heavy atom. The van der Waals surface area contributed by atoms with Crippen molar-refractivity contribution in [3.63, 3.8) is 0 Å². The van der Waals surface area contributed by atoms with Crippen molar-refractivity contribution in [1.82, 2.24) is 39.9 Å². The third-order valence-electron chi connectivity index (χ3n) is 7.60. The van der Waals surface area contributed by atoms with Crippen LogP contribution in [0, 0.1) is 0 Å². The molecule has 7 aromatic rings. The SMILES string of the molecule is O=[S](=O)(O)[Co][S](=O)(=O)O.c1ccc2c(c1)-c1nc-2nc2[nH]c(nc3nc(nc4[nH]c(n1)c1ccccc41)-c1ccccc1-3)c1ccccc21. The average molecular weight is 736 g/mol. The summed E-state index contributed by atoms with van der Waals surface area (Å²) in [5.41, 5.74) is 6.45. The number of nitrogens with zero attached hydrogens (tertiary/aromatic N) is 6. The van der Waals surface area contributed by atoms with Gasteiger partial charge in [0.2, 0.25) is 0 Å². The summed E-state index contributed by atoms with van der Waals surface area (Å²) in [6, 6.07) is 32.2. The van der Waals surface area contributed by atoms with E-state index in [1.807, 2.05) is 97.1 Å². The quantitative estimate of drug-likeness (QED) is 0.161. The summed E-state index contributed by atoms with van der Waals surface area (Å²) >= 11 is -1.38. The van der Waals surface area contributed by atoms with Gasteiger partial charge in [-0.3, -0.25) is 0 Å². The second-order valence-electron chi connectivity index (χ2n) is 10.6. The molecule has 4 aromatic carbocycles. The molecule has 2 aliphatic rings. The largest absolute Gasteiger partial charge is 0.324 e. The van der Waals surface area contributed by atoms with E-state index in [4.69, 9.17) is 39.0 Å². The van der Waals surface area contributed by atoms with E-state index in [9.17, 15) is 16.8 Å². The van der Waals surface area contributed by atoms with Crippen molar-refractivity contribution in [1.29, 1.82) is 0 Å². The topological polar surface area (TPSA) is 218 Å². The summed E-state index contributed by atoms with van der Waals surface area (Å²) < 4.78 is 54.1. The van der Waals surface area contributed by atoms with Gasteiger partial charge in [-0.25, -0.2) is 29.9 Å². The summed E-state index contributed by atoms with van der Waals surface area (Å²) in [6.45, 7) is 0. The summed E-state index contributed by atoms with van der Waals surface area (Å²) in [6.07, 6.45) is 0. The van der Waals surface area contributed by atoms with Crippen molar-refractivity contribution < 1.29 is 38.4 Å². The van der Waals surface area contributed by atoms with Crippen LogP contribution >= 0.6 is 0 Å². The minimum atomic E-state index is -4.65. The van der Waals surface area contributed by atoms with Crippen LogP contribution in [0.2, 0.25) is 0 Å². The summed E-state index contributed by atoms with van der Waals surface area (Å²) in [5.74, 6) is 2.39. The Labute approximate surface area is 281 Å². The van der Waals surface area contributed by atoms with E-state index in [1.165, 1.54) is 0 Å². The van der Waals surface area contributed by atoms with E-state index in [-0.39, 0.29) is 0 Å². The predicted molar refractivity (Wildman–Crippen MR) is 179 cm³/mol. The first kappa shape index (κ1) is 30.9. The molecule has 4 N–H and O–H groups in total. The third kappa shape index (κ3) is 5.94. The van der Waals surface area contributed by atoms with E-state index >= 15 is 0 Å². The standard InChI is InChI=1S/C32H18N8.Co.2HO3S/c1-2-10-18-17(9-1)25-33-26(18)38-28-21-13-5-6-14-22(21)30(35-28)40-32-24-16-8-7-15-23(24)31(36-32)39-29-20-12-4-3-11-19(20)27(34-29)37-25;;2*1-4(2)3/h1-16H,(H2,33,34,35,36,37,38,39,40);;2*(H,1,2,3). The molecule has 14 nitrogen and oxygen atoms in total. The number of aromatic amines is 2. The maximum absolute atomic E-state index is 9.65. The van der Waals surface area contributed by atoms with Crippen molar-refractivity contribution in [3.05, 3.63) is 97.1 Å². The number of H-pyrrole nitrogens is 2. The van der Waals surface area contributed by atoms with Gasteiger partial charge in [0.1, 0.15) is 22.6 Å². The van der Waals surface area contributed by atoms with E-state index in [1.54, 1.807) is 0 Å². The van der Waals surface area contributed by atoms with Crippen LogP contribution in [0.4, 0.5) is 0 Å².